The van der Waals surface area contributed by atoms with E-state index in [4.69, 9.17) is 4.74 Å². The number of halogens is 3. The van der Waals surface area contributed by atoms with Crippen LogP contribution in [0.2, 0.25) is 0 Å². The summed E-state index contributed by atoms with van der Waals surface area (Å²) in [6.07, 6.45) is -6.00. The Balaban J connectivity index is 1.44. The highest BCUT2D eigenvalue weighted by Gasteiger charge is 2.38. The maximum Gasteiger partial charge on any atom is 0.573 e. The van der Waals surface area contributed by atoms with Gasteiger partial charge in [-0.1, -0.05) is 0 Å². The Labute approximate surface area is 166 Å². The molecule has 3 unspecified atom stereocenters. The Kier molecular flexibility index (Phi) is 6.83. The van der Waals surface area contributed by atoms with Gasteiger partial charge in [0.05, 0.1) is 18.8 Å². The number of rotatable bonds is 5. The number of amides is 2. The number of ether oxygens (including phenoxy) is 2. The molecule has 3 rings (SSSR count). The normalized spacial score (nSPS) is 26.3. The van der Waals surface area contributed by atoms with E-state index in [1.807, 2.05) is 0 Å². The maximum absolute atomic E-state index is 12.2. The Hall–Kier alpha value is -2.08. The number of piperazine rings is 1. The monoisotopic (exact) mass is 418 g/mol. The molecule has 2 fully saturated rings. The average molecular weight is 418 g/mol. The molecule has 0 spiro atoms. The summed E-state index contributed by atoms with van der Waals surface area (Å²) >= 11 is 0. The number of carbonyl (C=O) groups is 1. The zero-order valence-corrected chi connectivity index (χ0v) is 16.0. The quantitative estimate of drug-likeness (QED) is 0.664. The van der Waals surface area contributed by atoms with Crippen molar-refractivity contribution in [2.45, 2.75) is 24.6 Å². The minimum absolute atomic E-state index is 0.186. The number of aliphatic hydroxyl groups is 1. The smallest absolute Gasteiger partial charge is 0.406 e. The number of hydrogen-bond donors (Lipinski definition) is 3. The maximum atomic E-state index is 12.2. The first-order valence-corrected chi connectivity index (χ1v) is 9.33. The van der Waals surface area contributed by atoms with Crippen LogP contribution in [0.25, 0.3) is 0 Å². The minimum atomic E-state index is -4.77. The molecular weight excluding hydrogens is 393 g/mol. The number of carbonyl (C=O) groups excluding carboxylic acids is 1. The molecule has 11 heteroatoms. The van der Waals surface area contributed by atoms with Crippen molar-refractivity contribution in [3.8, 4) is 5.75 Å². The van der Waals surface area contributed by atoms with Gasteiger partial charge in [-0.25, -0.2) is 4.79 Å². The third kappa shape index (κ3) is 6.46. The van der Waals surface area contributed by atoms with E-state index in [2.05, 4.69) is 32.2 Å². The molecule has 0 aliphatic carbocycles. The van der Waals surface area contributed by atoms with E-state index >= 15 is 0 Å². The van der Waals surface area contributed by atoms with E-state index < -0.39 is 24.5 Å². The van der Waals surface area contributed by atoms with Gasteiger partial charge in [0.15, 0.2) is 0 Å². The lowest BCUT2D eigenvalue weighted by atomic mass is 10.1. The zero-order chi connectivity index (χ0) is 21.0. The van der Waals surface area contributed by atoms with Crippen molar-refractivity contribution < 1.29 is 32.5 Å². The molecule has 0 radical (unpaired) electrons. The third-order valence-electron chi connectivity index (χ3n) is 4.98. The van der Waals surface area contributed by atoms with E-state index in [1.165, 1.54) is 12.1 Å². The molecule has 2 saturated heterocycles. The van der Waals surface area contributed by atoms with Crippen molar-refractivity contribution in [3.63, 3.8) is 0 Å². The van der Waals surface area contributed by atoms with Crippen molar-refractivity contribution >= 4 is 11.7 Å². The van der Waals surface area contributed by atoms with Gasteiger partial charge >= 0.3 is 12.4 Å². The second-order valence-corrected chi connectivity index (χ2v) is 7.24. The summed E-state index contributed by atoms with van der Waals surface area (Å²) in [6, 6.07) is 3.63. The minimum Gasteiger partial charge on any atom is -0.406 e. The van der Waals surface area contributed by atoms with E-state index in [0.29, 0.717) is 12.2 Å². The molecule has 29 heavy (non-hydrogen) atoms. The van der Waals surface area contributed by atoms with Gasteiger partial charge in [0.1, 0.15) is 11.9 Å². The standard InChI is InChI=1S/C18H25F3N4O4/c1-24-6-8-25(9-7-24)10-15-16(26)14(11-28-15)23-17(27)22-12-2-4-13(5-3-12)29-18(19,20)21/h2-5,14-16,26H,6-11H2,1H3,(H2,22,23,27). The van der Waals surface area contributed by atoms with Crippen molar-refractivity contribution in [3.05, 3.63) is 24.3 Å². The Bertz CT molecular complexity index is 681. The van der Waals surface area contributed by atoms with Gasteiger partial charge in [-0.05, 0) is 31.3 Å². The number of alkyl halides is 3. The number of nitrogens with zero attached hydrogens (tertiary/aromatic N) is 2. The molecule has 8 nitrogen and oxygen atoms in total. The summed E-state index contributed by atoms with van der Waals surface area (Å²) in [7, 11) is 2.06. The second-order valence-electron chi connectivity index (χ2n) is 7.24. The average Bonchev–Trinajstić information content (AvgIpc) is 2.97. The first kappa shape index (κ1) is 21.6. The van der Waals surface area contributed by atoms with Crippen LogP contribution in [-0.4, -0.2) is 91.9 Å². The predicted octanol–water partition coefficient (Wildman–Crippen LogP) is 1.08. The number of benzene rings is 1. The number of likely N-dealkylation sites (N-methyl/N-ethyl adjacent to an activating group) is 1. The summed E-state index contributed by atoms with van der Waals surface area (Å²) in [5, 5.41) is 15.6. The summed E-state index contributed by atoms with van der Waals surface area (Å²) < 4.78 is 45.9. The third-order valence-corrected chi connectivity index (χ3v) is 4.98. The Morgan fingerprint density at radius 1 is 1.24 bits per heavy atom. The summed E-state index contributed by atoms with van der Waals surface area (Å²) in [4.78, 5) is 16.6. The number of nitrogens with one attached hydrogen (secondary N) is 2. The summed E-state index contributed by atoms with van der Waals surface area (Å²) in [5.41, 5.74) is 0.291. The topological polar surface area (TPSA) is 86.3 Å². The molecule has 1 aromatic rings. The van der Waals surface area contributed by atoms with Crippen LogP contribution in [0.15, 0.2) is 24.3 Å². The number of anilines is 1. The van der Waals surface area contributed by atoms with Crippen LogP contribution in [0.1, 0.15) is 0 Å². The molecule has 0 saturated carbocycles. The van der Waals surface area contributed by atoms with Crippen molar-refractivity contribution in [2.75, 3.05) is 51.7 Å². The molecule has 1 aromatic carbocycles. The Morgan fingerprint density at radius 3 is 2.52 bits per heavy atom. The fourth-order valence-electron chi connectivity index (χ4n) is 3.33. The highest BCUT2D eigenvalue weighted by atomic mass is 19.4. The van der Waals surface area contributed by atoms with Crippen LogP contribution in [0.4, 0.5) is 23.7 Å². The molecular formula is C18H25F3N4O4. The van der Waals surface area contributed by atoms with E-state index in [-0.39, 0.29) is 18.5 Å². The summed E-state index contributed by atoms with van der Waals surface area (Å²) in [6.45, 7) is 4.49. The van der Waals surface area contributed by atoms with Gasteiger partial charge in [0.25, 0.3) is 0 Å². The molecule has 3 atom stereocenters. The number of aliphatic hydroxyl groups excluding tert-OH is 1. The van der Waals surface area contributed by atoms with Gasteiger partial charge in [-0.15, -0.1) is 13.2 Å². The van der Waals surface area contributed by atoms with Crippen LogP contribution in [0.3, 0.4) is 0 Å². The fourth-order valence-corrected chi connectivity index (χ4v) is 3.33. The van der Waals surface area contributed by atoms with Gasteiger partial charge in [-0.3, -0.25) is 4.90 Å². The number of urea groups is 1. The van der Waals surface area contributed by atoms with Crippen LogP contribution in [-0.2, 0) is 4.74 Å². The molecule has 2 aliphatic rings. The Morgan fingerprint density at radius 2 is 1.90 bits per heavy atom. The van der Waals surface area contributed by atoms with E-state index in [0.717, 1.165) is 38.3 Å². The molecule has 0 aromatic heterocycles. The highest BCUT2D eigenvalue weighted by Crippen LogP contribution is 2.24. The first-order valence-electron chi connectivity index (χ1n) is 9.33. The van der Waals surface area contributed by atoms with Gasteiger partial charge in [-0.2, -0.15) is 0 Å². The summed E-state index contributed by atoms with van der Waals surface area (Å²) in [5.74, 6) is -0.380. The zero-order valence-electron chi connectivity index (χ0n) is 16.0. The van der Waals surface area contributed by atoms with Crippen LogP contribution < -0.4 is 15.4 Å². The lowest BCUT2D eigenvalue weighted by Crippen LogP contribution is -2.51. The predicted molar refractivity (Wildman–Crippen MR) is 98.8 cm³/mol. The van der Waals surface area contributed by atoms with E-state index in [9.17, 15) is 23.1 Å². The van der Waals surface area contributed by atoms with Gasteiger partial charge in [0.2, 0.25) is 0 Å². The highest BCUT2D eigenvalue weighted by molar-refractivity contribution is 5.89. The van der Waals surface area contributed by atoms with Crippen molar-refractivity contribution in [2.24, 2.45) is 0 Å². The van der Waals surface area contributed by atoms with Crippen molar-refractivity contribution in [1.29, 1.82) is 0 Å². The largest absolute Gasteiger partial charge is 0.573 e. The molecule has 3 N–H and O–H groups in total. The van der Waals surface area contributed by atoms with Crippen LogP contribution in [0.5, 0.6) is 5.75 Å². The lowest BCUT2D eigenvalue weighted by Gasteiger charge is -2.34. The number of hydrogen-bond acceptors (Lipinski definition) is 6. The molecule has 2 amide bonds. The van der Waals surface area contributed by atoms with Crippen molar-refractivity contribution in [1.82, 2.24) is 15.1 Å². The van der Waals surface area contributed by atoms with Crippen LogP contribution >= 0.6 is 0 Å². The molecule has 2 aliphatic heterocycles. The van der Waals surface area contributed by atoms with Gasteiger partial charge in [0, 0.05) is 38.4 Å². The lowest BCUT2D eigenvalue weighted by molar-refractivity contribution is -0.274. The molecule has 162 valence electrons. The fraction of sp³-hybridized carbons (Fsp3) is 0.611. The SMILES string of the molecule is CN1CCN(CC2OCC(NC(=O)Nc3ccc(OC(F)(F)F)cc3)C2O)CC1. The molecule has 0 bridgehead atoms. The van der Waals surface area contributed by atoms with Crippen LogP contribution in [0, 0.1) is 0 Å². The van der Waals surface area contributed by atoms with E-state index in [1.54, 1.807) is 0 Å². The van der Waals surface area contributed by atoms with Gasteiger partial charge < -0.3 is 30.1 Å². The second kappa shape index (κ2) is 9.16. The molecule has 2 heterocycles. The first-order chi connectivity index (χ1) is 13.7.